The van der Waals surface area contributed by atoms with Gasteiger partial charge in [0.2, 0.25) is 5.78 Å². The van der Waals surface area contributed by atoms with Crippen molar-refractivity contribution in [2.45, 2.75) is 0 Å². The summed E-state index contributed by atoms with van der Waals surface area (Å²) in [6.07, 6.45) is 2.72. The van der Waals surface area contributed by atoms with Crippen LogP contribution in [-0.4, -0.2) is 29.6 Å². The van der Waals surface area contributed by atoms with E-state index in [-0.39, 0.29) is 5.56 Å². The molecule has 0 atom stereocenters. The van der Waals surface area contributed by atoms with E-state index in [1.54, 1.807) is 0 Å². The summed E-state index contributed by atoms with van der Waals surface area (Å²) in [6.45, 7) is 0. The number of carbonyl (C=O) groups excluding carboxylic acids is 3. The van der Waals surface area contributed by atoms with Gasteiger partial charge in [0.15, 0.2) is 0 Å². The van der Waals surface area contributed by atoms with Gasteiger partial charge in [0.1, 0.15) is 0 Å². The molecule has 0 fully saturated rings. The SMILES string of the molecule is COC(=O)C(=O)C(=O)c1ccncc1. The van der Waals surface area contributed by atoms with E-state index in [4.69, 9.17) is 0 Å². The first-order valence-electron chi connectivity index (χ1n) is 3.74. The molecule has 0 aromatic carbocycles. The van der Waals surface area contributed by atoms with E-state index >= 15 is 0 Å². The van der Waals surface area contributed by atoms with Crippen molar-refractivity contribution >= 4 is 17.5 Å². The van der Waals surface area contributed by atoms with Gasteiger partial charge in [0.05, 0.1) is 7.11 Å². The molecule has 0 saturated carbocycles. The molecule has 5 nitrogen and oxygen atoms in total. The van der Waals surface area contributed by atoms with Crippen LogP contribution in [0.4, 0.5) is 0 Å². The molecule has 0 aliphatic heterocycles. The number of carbonyl (C=O) groups is 3. The lowest BCUT2D eigenvalue weighted by molar-refractivity contribution is -0.149. The minimum absolute atomic E-state index is 0.121. The zero-order valence-corrected chi connectivity index (χ0v) is 7.39. The molecular weight excluding hydrogens is 186 g/mol. The first kappa shape index (κ1) is 10.0. The van der Waals surface area contributed by atoms with Gasteiger partial charge in [-0.05, 0) is 12.1 Å². The maximum Gasteiger partial charge on any atom is 0.383 e. The van der Waals surface area contributed by atoms with Gasteiger partial charge in [-0.25, -0.2) is 4.79 Å². The monoisotopic (exact) mass is 193 g/mol. The molecule has 0 aliphatic rings. The quantitative estimate of drug-likeness (QED) is 0.292. The van der Waals surface area contributed by atoms with Gasteiger partial charge in [0.25, 0.3) is 0 Å². The maximum absolute atomic E-state index is 11.3. The van der Waals surface area contributed by atoms with Crippen LogP contribution in [0.1, 0.15) is 10.4 Å². The van der Waals surface area contributed by atoms with E-state index in [0.29, 0.717) is 0 Å². The van der Waals surface area contributed by atoms with Crippen LogP contribution in [0.3, 0.4) is 0 Å². The summed E-state index contributed by atoms with van der Waals surface area (Å²) in [6, 6.07) is 2.70. The van der Waals surface area contributed by atoms with Crippen LogP contribution < -0.4 is 0 Å². The summed E-state index contributed by atoms with van der Waals surface area (Å²) < 4.78 is 4.13. The van der Waals surface area contributed by atoms with Gasteiger partial charge in [-0.2, -0.15) is 0 Å². The summed E-state index contributed by atoms with van der Waals surface area (Å²) in [5.41, 5.74) is 0.121. The summed E-state index contributed by atoms with van der Waals surface area (Å²) in [5, 5.41) is 0. The topological polar surface area (TPSA) is 73.3 Å². The highest BCUT2D eigenvalue weighted by molar-refractivity contribution is 6.65. The van der Waals surface area contributed by atoms with Crippen LogP contribution in [0.25, 0.3) is 0 Å². The summed E-state index contributed by atoms with van der Waals surface area (Å²) in [7, 11) is 1.04. The van der Waals surface area contributed by atoms with Gasteiger partial charge < -0.3 is 4.74 Å². The molecule has 0 radical (unpaired) electrons. The van der Waals surface area contributed by atoms with E-state index in [0.717, 1.165) is 7.11 Å². The van der Waals surface area contributed by atoms with Crippen molar-refractivity contribution in [3.05, 3.63) is 30.1 Å². The maximum atomic E-state index is 11.3. The fraction of sp³-hybridized carbons (Fsp3) is 0.111. The molecule has 1 heterocycles. The Hall–Kier alpha value is -2.04. The minimum Gasteiger partial charge on any atom is -0.463 e. The van der Waals surface area contributed by atoms with E-state index in [1.807, 2.05) is 0 Å². The third-order valence-electron chi connectivity index (χ3n) is 1.52. The Balaban J connectivity index is 2.87. The first-order chi connectivity index (χ1) is 6.66. The third kappa shape index (κ3) is 2.01. The second-order valence-corrected chi connectivity index (χ2v) is 2.39. The van der Waals surface area contributed by atoms with E-state index in [9.17, 15) is 14.4 Å². The van der Waals surface area contributed by atoms with Crippen molar-refractivity contribution in [2.24, 2.45) is 0 Å². The molecule has 1 aromatic heterocycles. The number of nitrogens with zero attached hydrogens (tertiary/aromatic N) is 1. The van der Waals surface area contributed by atoms with E-state index in [2.05, 4.69) is 9.72 Å². The van der Waals surface area contributed by atoms with Gasteiger partial charge in [0, 0.05) is 18.0 Å². The van der Waals surface area contributed by atoms with Crippen LogP contribution in [0.2, 0.25) is 0 Å². The molecule has 1 rings (SSSR count). The number of ketones is 2. The lowest BCUT2D eigenvalue weighted by Gasteiger charge is -1.97. The zero-order chi connectivity index (χ0) is 10.6. The molecule has 0 bridgehead atoms. The Morgan fingerprint density at radius 1 is 1.21 bits per heavy atom. The van der Waals surface area contributed by atoms with E-state index < -0.39 is 17.5 Å². The number of hydrogen-bond donors (Lipinski definition) is 0. The second-order valence-electron chi connectivity index (χ2n) is 2.39. The van der Waals surface area contributed by atoms with Crippen molar-refractivity contribution in [3.63, 3.8) is 0 Å². The average molecular weight is 193 g/mol. The Bertz CT molecular complexity index is 372. The van der Waals surface area contributed by atoms with Gasteiger partial charge in [-0.15, -0.1) is 0 Å². The van der Waals surface area contributed by atoms with Crippen molar-refractivity contribution < 1.29 is 19.1 Å². The second kappa shape index (κ2) is 4.27. The van der Waals surface area contributed by atoms with Crippen molar-refractivity contribution in [3.8, 4) is 0 Å². The summed E-state index contributed by atoms with van der Waals surface area (Å²) in [4.78, 5) is 36.7. The van der Waals surface area contributed by atoms with Crippen LogP contribution in [0, 0.1) is 0 Å². The highest BCUT2D eigenvalue weighted by atomic mass is 16.5. The van der Waals surface area contributed by atoms with Gasteiger partial charge >= 0.3 is 11.8 Å². The third-order valence-corrected chi connectivity index (χ3v) is 1.52. The molecule has 72 valence electrons. The highest BCUT2D eigenvalue weighted by Gasteiger charge is 2.24. The molecule has 0 unspecified atom stereocenters. The fourth-order valence-corrected chi connectivity index (χ4v) is 0.820. The number of hydrogen-bond acceptors (Lipinski definition) is 5. The average Bonchev–Trinajstić information content (AvgIpc) is 2.27. The van der Waals surface area contributed by atoms with E-state index in [1.165, 1.54) is 24.5 Å². The summed E-state index contributed by atoms with van der Waals surface area (Å²) >= 11 is 0. The Kier molecular flexibility index (Phi) is 3.06. The zero-order valence-electron chi connectivity index (χ0n) is 7.39. The van der Waals surface area contributed by atoms with Crippen LogP contribution in [0.5, 0.6) is 0 Å². The first-order valence-corrected chi connectivity index (χ1v) is 3.74. The lowest BCUT2D eigenvalue weighted by atomic mass is 10.1. The molecule has 14 heavy (non-hydrogen) atoms. The number of aromatic nitrogens is 1. The molecule has 0 N–H and O–H groups in total. The molecule has 5 heteroatoms. The largest absolute Gasteiger partial charge is 0.463 e. The smallest absolute Gasteiger partial charge is 0.383 e. The van der Waals surface area contributed by atoms with Crippen LogP contribution in [-0.2, 0) is 14.3 Å². The predicted octanol–water partition coefficient (Wildman–Crippen LogP) is 0.00640. The van der Waals surface area contributed by atoms with Crippen LogP contribution >= 0.6 is 0 Å². The molecule has 0 amide bonds. The van der Waals surface area contributed by atoms with Gasteiger partial charge in [-0.3, -0.25) is 14.6 Å². The number of esters is 1. The fourth-order valence-electron chi connectivity index (χ4n) is 0.820. The van der Waals surface area contributed by atoms with Crippen molar-refractivity contribution in [1.82, 2.24) is 4.98 Å². The highest BCUT2D eigenvalue weighted by Crippen LogP contribution is 1.99. The Morgan fingerprint density at radius 3 is 2.29 bits per heavy atom. The molecule has 0 spiro atoms. The molecular formula is C9H7NO4. The number of rotatable bonds is 3. The van der Waals surface area contributed by atoms with Crippen LogP contribution in [0.15, 0.2) is 24.5 Å². The summed E-state index contributed by atoms with van der Waals surface area (Å²) in [5.74, 6) is -3.23. The standard InChI is InChI=1S/C9H7NO4/c1-14-9(13)8(12)7(11)6-2-4-10-5-3-6/h2-5H,1H3. The van der Waals surface area contributed by atoms with Gasteiger partial charge in [-0.1, -0.05) is 0 Å². The number of ether oxygens (including phenoxy) is 1. The van der Waals surface area contributed by atoms with Crippen molar-refractivity contribution in [2.75, 3.05) is 7.11 Å². The minimum atomic E-state index is -1.18. The number of pyridine rings is 1. The Morgan fingerprint density at radius 2 is 1.79 bits per heavy atom. The molecule has 0 saturated heterocycles. The normalized spacial score (nSPS) is 9.21. The number of methoxy groups -OCH3 is 1. The molecule has 0 aliphatic carbocycles. The number of Topliss-reactive ketones (excluding diaryl/α,β-unsaturated/α-hetero) is 2. The Labute approximate surface area is 79.7 Å². The lowest BCUT2D eigenvalue weighted by Crippen LogP contribution is -2.25. The predicted molar refractivity (Wildman–Crippen MR) is 45.6 cm³/mol. The van der Waals surface area contributed by atoms with Crippen molar-refractivity contribution in [1.29, 1.82) is 0 Å². The molecule has 1 aromatic rings.